The first-order valence-corrected chi connectivity index (χ1v) is 7.98. The lowest BCUT2D eigenvalue weighted by molar-refractivity contribution is 0.639. The van der Waals surface area contributed by atoms with Gasteiger partial charge in [0.05, 0.1) is 0 Å². The standard InChI is InChI=1S/C13H20BrNS/c14-9-5-2-6-10-15-11-12-16-13-7-3-1-4-8-13/h1,3-4,7-8,15H,2,5-6,9-12H2. The molecule has 1 N–H and O–H groups in total. The van der Waals surface area contributed by atoms with Crippen molar-refractivity contribution in [3.8, 4) is 0 Å². The second kappa shape index (κ2) is 10.2. The molecule has 3 heteroatoms. The molecule has 1 aromatic rings. The first-order valence-electron chi connectivity index (χ1n) is 5.88. The molecule has 16 heavy (non-hydrogen) atoms. The fraction of sp³-hybridized carbons (Fsp3) is 0.538. The number of alkyl halides is 1. The Morgan fingerprint density at radius 1 is 1.00 bits per heavy atom. The van der Waals surface area contributed by atoms with Gasteiger partial charge < -0.3 is 5.32 Å². The maximum atomic E-state index is 3.48. The quantitative estimate of drug-likeness (QED) is 0.421. The maximum absolute atomic E-state index is 3.48. The number of thioether (sulfide) groups is 1. The van der Waals surface area contributed by atoms with E-state index in [0.29, 0.717) is 0 Å². The number of hydrogen-bond donors (Lipinski definition) is 1. The van der Waals surface area contributed by atoms with Gasteiger partial charge in [-0.05, 0) is 31.5 Å². The van der Waals surface area contributed by atoms with Crippen LogP contribution in [0.5, 0.6) is 0 Å². The zero-order chi connectivity index (χ0) is 11.5. The summed E-state index contributed by atoms with van der Waals surface area (Å²) in [6.07, 6.45) is 3.91. The van der Waals surface area contributed by atoms with Crippen LogP contribution in [0.4, 0.5) is 0 Å². The van der Waals surface area contributed by atoms with E-state index in [0.717, 1.165) is 24.2 Å². The summed E-state index contributed by atoms with van der Waals surface area (Å²) in [5.41, 5.74) is 0. The third-order valence-electron chi connectivity index (χ3n) is 2.28. The summed E-state index contributed by atoms with van der Waals surface area (Å²) in [4.78, 5) is 1.36. The number of halogens is 1. The molecule has 0 radical (unpaired) electrons. The van der Waals surface area contributed by atoms with E-state index in [4.69, 9.17) is 0 Å². The van der Waals surface area contributed by atoms with Gasteiger partial charge in [-0.2, -0.15) is 0 Å². The Hall–Kier alpha value is 0.0100. The smallest absolute Gasteiger partial charge is 0.0106 e. The van der Waals surface area contributed by atoms with Crippen LogP contribution in [0, 0.1) is 0 Å². The Labute approximate surface area is 112 Å². The summed E-state index contributed by atoms with van der Waals surface area (Å²) >= 11 is 5.36. The number of benzene rings is 1. The Bertz CT molecular complexity index is 253. The average molecular weight is 302 g/mol. The molecule has 0 aliphatic carbocycles. The van der Waals surface area contributed by atoms with Gasteiger partial charge in [0.1, 0.15) is 0 Å². The van der Waals surface area contributed by atoms with Crippen molar-refractivity contribution < 1.29 is 0 Å². The van der Waals surface area contributed by atoms with Crippen LogP contribution in [0.2, 0.25) is 0 Å². The number of rotatable bonds is 9. The van der Waals surface area contributed by atoms with Gasteiger partial charge in [-0.3, -0.25) is 0 Å². The molecule has 0 spiro atoms. The van der Waals surface area contributed by atoms with Gasteiger partial charge in [0.15, 0.2) is 0 Å². The van der Waals surface area contributed by atoms with Gasteiger partial charge in [0.25, 0.3) is 0 Å². The highest BCUT2D eigenvalue weighted by atomic mass is 79.9. The van der Waals surface area contributed by atoms with Gasteiger partial charge >= 0.3 is 0 Å². The molecular formula is C13H20BrNS. The average Bonchev–Trinajstić information content (AvgIpc) is 2.34. The van der Waals surface area contributed by atoms with Gasteiger partial charge in [0.2, 0.25) is 0 Å². The fourth-order valence-corrected chi connectivity index (χ4v) is 2.63. The van der Waals surface area contributed by atoms with Gasteiger partial charge in [-0.15, -0.1) is 11.8 Å². The zero-order valence-corrected chi connectivity index (χ0v) is 12.0. The summed E-state index contributed by atoms with van der Waals surface area (Å²) in [5.74, 6) is 1.16. The van der Waals surface area contributed by atoms with Crippen LogP contribution in [0.25, 0.3) is 0 Å². The molecule has 0 bridgehead atoms. The predicted octanol–water partition coefficient (Wildman–Crippen LogP) is 3.93. The van der Waals surface area contributed by atoms with Crippen molar-refractivity contribution >= 4 is 27.7 Å². The van der Waals surface area contributed by atoms with E-state index < -0.39 is 0 Å². The molecule has 0 aliphatic rings. The third kappa shape index (κ3) is 7.31. The van der Waals surface area contributed by atoms with Crippen molar-refractivity contribution in [3.63, 3.8) is 0 Å². The zero-order valence-electron chi connectivity index (χ0n) is 9.62. The molecule has 0 aliphatic heterocycles. The normalized spacial score (nSPS) is 10.6. The van der Waals surface area contributed by atoms with Crippen molar-refractivity contribution in [3.05, 3.63) is 30.3 Å². The number of hydrogen-bond acceptors (Lipinski definition) is 2. The van der Waals surface area contributed by atoms with Crippen LogP contribution in [-0.2, 0) is 0 Å². The minimum Gasteiger partial charge on any atom is -0.316 e. The minimum atomic E-state index is 1.11. The highest BCUT2D eigenvalue weighted by Crippen LogP contribution is 2.15. The topological polar surface area (TPSA) is 12.0 Å². The van der Waals surface area contributed by atoms with Crippen molar-refractivity contribution in [2.75, 3.05) is 24.2 Å². The monoisotopic (exact) mass is 301 g/mol. The number of nitrogens with one attached hydrogen (secondary N) is 1. The molecule has 0 fully saturated rings. The second-order valence-corrected chi connectivity index (χ2v) is 5.62. The van der Waals surface area contributed by atoms with E-state index in [2.05, 4.69) is 51.6 Å². The molecule has 0 atom stereocenters. The largest absolute Gasteiger partial charge is 0.316 e. The lowest BCUT2D eigenvalue weighted by Crippen LogP contribution is -2.18. The number of unbranched alkanes of at least 4 members (excludes halogenated alkanes) is 2. The first-order chi connectivity index (χ1) is 7.93. The predicted molar refractivity (Wildman–Crippen MR) is 77.7 cm³/mol. The second-order valence-electron chi connectivity index (χ2n) is 3.66. The van der Waals surface area contributed by atoms with Gasteiger partial charge in [0, 0.05) is 22.5 Å². The molecule has 1 nitrogen and oxygen atoms in total. The van der Waals surface area contributed by atoms with Crippen molar-refractivity contribution in [2.24, 2.45) is 0 Å². The summed E-state index contributed by atoms with van der Waals surface area (Å²) in [5, 5.41) is 4.61. The Kier molecular flexibility index (Phi) is 8.96. The maximum Gasteiger partial charge on any atom is 0.0106 e. The molecule has 0 aromatic heterocycles. The Balaban J connectivity index is 1.89. The Morgan fingerprint density at radius 2 is 1.81 bits per heavy atom. The van der Waals surface area contributed by atoms with Crippen molar-refractivity contribution in [1.82, 2.24) is 5.32 Å². The van der Waals surface area contributed by atoms with Crippen LogP contribution in [0.1, 0.15) is 19.3 Å². The van der Waals surface area contributed by atoms with Crippen LogP contribution < -0.4 is 5.32 Å². The van der Waals surface area contributed by atoms with E-state index in [1.165, 1.54) is 24.2 Å². The molecular weight excluding hydrogens is 282 g/mol. The van der Waals surface area contributed by atoms with Gasteiger partial charge in [-0.1, -0.05) is 40.5 Å². The lowest BCUT2D eigenvalue weighted by atomic mass is 10.2. The summed E-state index contributed by atoms with van der Waals surface area (Å²) < 4.78 is 0. The van der Waals surface area contributed by atoms with Crippen molar-refractivity contribution in [1.29, 1.82) is 0 Å². The van der Waals surface area contributed by atoms with E-state index in [9.17, 15) is 0 Å². The third-order valence-corrected chi connectivity index (χ3v) is 3.85. The molecule has 1 aromatic carbocycles. The SMILES string of the molecule is BrCCCCCNCCSc1ccccc1. The highest BCUT2D eigenvalue weighted by molar-refractivity contribution is 9.09. The summed E-state index contributed by atoms with van der Waals surface area (Å²) in [6.45, 7) is 2.26. The van der Waals surface area contributed by atoms with Crippen LogP contribution in [0.3, 0.4) is 0 Å². The van der Waals surface area contributed by atoms with Gasteiger partial charge in [-0.25, -0.2) is 0 Å². The van der Waals surface area contributed by atoms with Crippen molar-refractivity contribution in [2.45, 2.75) is 24.2 Å². The summed E-state index contributed by atoms with van der Waals surface area (Å²) in [6, 6.07) is 10.6. The minimum absolute atomic E-state index is 1.11. The lowest BCUT2D eigenvalue weighted by Gasteiger charge is -2.04. The molecule has 0 amide bonds. The van der Waals surface area contributed by atoms with Crippen LogP contribution in [0.15, 0.2) is 35.2 Å². The molecule has 0 saturated heterocycles. The molecule has 0 saturated carbocycles. The van der Waals surface area contributed by atoms with Crippen LogP contribution in [-0.4, -0.2) is 24.2 Å². The molecule has 90 valence electrons. The molecule has 0 heterocycles. The van der Waals surface area contributed by atoms with E-state index in [1.54, 1.807) is 0 Å². The summed E-state index contributed by atoms with van der Waals surface area (Å²) in [7, 11) is 0. The van der Waals surface area contributed by atoms with E-state index in [1.807, 2.05) is 11.8 Å². The Morgan fingerprint density at radius 3 is 2.56 bits per heavy atom. The van der Waals surface area contributed by atoms with E-state index in [-0.39, 0.29) is 0 Å². The fourth-order valence-electron chi connectivity index (χ4n) is 1.40. The van der Waals surface area contributed by atoms with Crippen LogP contribution >= 0.6 is 27.7 Å². The molecule has 0 unspecified atom stereocenters. The first kappa shape index (κ1) is 14.1. The highest BCUT2D eigenvalue weighted by Gasteiger charge is 1.92. The molecule has 1 rings (SSSR count). The van der Waals surface area contributed by atoms with E-state index >= 15 is 0 Å².